The van der Waals surface area contributed by atoms with Gasteiger partial charge in [-0.25, -0.2) is 12.8 Å². The summed E-state index contributed by atoms with van der Waals surface area (Å²) < 4.78 is 40.1. The van der Waals surface area contributed by atoms with Gasteiger partial charge in [-0.3, -0.25) is 0 Å². The first kappa shape index (κ1) is 13.3. The van der Waals surface area contributed by atoms with Gasteiger partial charge in [0.2, 0.25) is 9.05 Å². The molecule has 0 fully saturated rings. The monoisotopic (exact) mass is 266 g/mol. The van der Waals surface area contributed by atoms with E-state index < -0.39 is 21.0 Å². The lowest BCUT2D eigenvalue weighted by atomic mass is 10.1. The van der Waals surface area contributed by atoms with Crippen LogP contribution in [0.3, 0.4) is 0 Å². The van der Waals surface area contributed by atoms with Crippen molar-refractivity contribution < 1.29 is 17.5 Å². The fourth-order valence-electron chi connectivity index (χ4n) is 1.32. The first-order chi connectivity index (χ1) is 7.44. The second-order valence-electron chi connectivity index (χ2n) is 3.24. The van der Waals surface area contributed by atoms with E-state index >= 15 is 0 Å². The van der Waals surface area contributed by atoms with Crippen LogP contribution < -0.4 is 4.74 Å². The summed E-state index contributed by atoms with van der Waals surface area (Å²) in [4.78, 5) is 0. The molecule has 0 bridgehead atoms. The zero-order chi connectivity index (χ0) is 12.2. The summed E-state index contributed by atoms with van der Waals surface area (Å²) in [5, 5.41) is 0. The number of halogens is 2. The van der Waals surface area contributed by atoms with Crippen LogP contribution >= 0.6 is 10.7 Å². The predicted molar refractivity (Wildman–Crippen MR) is 61.1 cm³/mol. The zero-order valence-corrected chi connectivity index (χ0v) is 10.3. The Hall–Kier alpha value is -0.810. The number of methoxy groups -OCH3 is 1. The van der Waals surface area contributed by atoms with Crippen molar-refractivity contribution in [1.29, 1.82) is 0 Å². The molecule has 16 heavy (non-hydrogen) atoms. The average molecular weight is 267 g/mol. The van der Waals surface area contributed by atoms with Crippen LogP contribution in [-0.4, -0.2) is 21.3 Å². The van der Waals surface area contributed by atoms with Gasteiger partial charge in [-0.1, -0.05) is 18.2 Å². The topological polar surface area (TPSA) is 43.4 Å². The van der Waals surface area contributed by atoms with Crippen LogP contribution in [0, 0.1) is 0 Å². The third-order valence-corrected chi connectivity index (χ3v) is 3.28. The molecule has 1 rings (SSSR count). The molecule has 0 aliphatic rings. The molecule has 0 heterocycles. The van der Waals surface area contributed by atoms with Crippen molar-refractivity contribution in [3.63, 3.8) is 0 Å². The average Bonchev–Trinajstić information content (AvgIpc) is 2.25. The summed E-state index contributed by atoms with van der Waals surface area (Å²) in [5.41, 5.74) is 0.338. The molecule has 0 saturated heterocycles. The van der Waals surface area contributed by atoms with E-state index in [1.54, 1.807) is 24.3 Å². The van der Waals surface area contributed by atoms with Crippen LogP contribution in [0.15, 0.2) is 24.3 Å². The molecule has 0 aliphatic heterocycles. The summed E-state index contributed by atoms with van der Waals surface area (Å²) in [6, 6.07) is 6.56. The van der Waals surface area contributed by atoms with Crippen molar-refractivity contribution in [3.05, 3.63) is 29.8 Å². The van der Waals surface area contributed by atoms with Gasteiger partial charge in [0.25, 0.3) is 0 Å². The van der Waals surface area contributed by atoms with Crippen LogP contribution in [0.4, 0.5) is 4.39 Å². The number of para-hydroxylation sites is 1. The quantitative estimate of drug-likeness (QED) is 0.770. The van der Waals surface area contributed by atoms with Gasteiger partial charge in [0.1, 0.15) is 11.9 Å². The lowest BCUT2D eigenvalue weighted by Crippen LogP contribution is -2.03. The molecule has 1 unspecified atom stereocenters. The largest absolute Gasteiger partial charge is 0.496 e. The van der Waals surface area contributed by atoms with E-state index in [0.717, 1.165) is 0 Å². The van der Waals surface area contributed by atoms with Crippen LogP contribution in [0.25, 0.3) is 0 Å². The highest BCUT2D eigenvalue weighted by Gasteiger charge is 2.17. The van der Waals surface area contributed by atoms with Crippen LogP contribution in [0.1, 0.15) is 18.2 Å². The van der Waals surface area contributed by atoms with Gasteiger partial charge in [0, 0.05) is 16.2 Å². The number of rotatable bonds is 5. The molecule has 0 spiro atoms. The van der Waals surface area contributed by atoms with Crippen molar-refractivity contribution in [2.24, 2.45) is 0 Å². The zero-order valence-electron chi connectivity index (χ0n) is 8.69. The third kappa shape index (κ3) is 3.98. The van der Waals surface area contributed by atoms with Gasteiger partial charge in [-0.15, -0.1) is 0 Å². The Labute approximate surface area is 98.6 Å². The van der Waals surface area contributed by atoms with Gasteiger partial charge < -0.3 is 4.74 Å². The fraction of sp³-hybridized carbons (Fsp3) is 0.400. The molecule has 0 aliphatic carbocycles. The molecule has 0 radical (unpaired) electrons. The maximum atomic E-state index is 13.7. The first-order valence-electron chi connectivity index (χ1n) is 4.63. The summed E-state index contributed by atoms with van der Waals surface area (Å²) in [7, 11) is 2.79. The molecular formula is C10H12ClFO3S. The van der Waals surface area contributed by atoms with E-state index in [4.69, 9.17) is 15.4 Å². The van der Waals surface area contributed by atoms with Crippen molar-refractivity contribution in [2.45, 2.75) is 12.6 Å². The molecule has 1 aromatic carbocycles. The number of hydrogen-bond acceptors (Lipinski definition) is 3. The number of hydrogen-bond donors (Lipinski definition) is 0. The van der Waals surface area contributed by atoms with Crippen molar-refractivity contribution in [2.75, 3.05) is 12.9 Å². The Morgan fingerprint density at radius 2 is 2.06 bits per heavy atom. The summed E-state index contributed by atoms with van der Waals surface area (Å²) in [6.07, 6.45) is -1.57. The van der Waals surface area contributed by atoms with Crippen LogP contribution in [-0.2, 0) is 9.05 Å². The molecule has 0 amide bonds. The van der Waals surface area contributed by atoms with Gasteiger partial charge in [-0.05, 0) is 12.5 Å². The van der Waals surface area contributed by atoms with Gasteiger partial charge in [-0.2, -0.15) is 0 Å². The Morgan fingerprint density at radius 1 is 1.44 bits per heavy atom. The predicted octanol–water partition coefficient (Wildman–Crippen LogP) is 2.66. The Kier molecular flexibility index (Phi) is 4.56. The van der Waals surface area contributed by atoms with E-state index in [2.05, 4.69) is 0 Å². The van der Waals surface area contributed by atoms with Gasteiger partial charge in [0.05, 0.1) is 12.9 Å². The summed E-state index contributed by atoms with van der Waals surface area (Å²) in [5.74, 6) is 0.00953. The smallest absolute Gasteiger partial charge is 0.232 e. The number of ether oxygens (including phenoxy) is 1. The van der Waals surface area contributed by atoms with Gasteiger partial charge >= 0.3 is 0 Å². The molecular weight excluding hydrogens is 255 g/mol. The number of alkyl halides is 1. The first-order valence-corrected chi connectivity index (χ1v) is 7.11. The lowest BCUT2D eigenvalue weighted by Gasteiger charge is -2.11. The SMILES string of the molecule is COc1ccccc1C(F)CCS(=O)(=O)Cl. The lowest BCUT2D eigenvalue weighted by molar-refractivity contribution is 0.317. The maximum Gasteiger partial charge on any atom is 0.232 e. The summed E-state index contributed by atoms with van der Waals surface area (Å²) in [6.45, 7) is 0. The molecule has 1 atom stereocenters. The molecule has 0 saturated carbocycles. The second-order valence-corrected chi connectivity index (χ2v) is 6.14. The molecule has 90 valence electrons. The Morgan fingerprint density at radius 3 is 2.62 bits per heavy atom. The van der Waals surface area contributed by atoms with Crippen LogP contribution in [0.2, 0.25) is 0 Å². The van der Waals surface area contributed by atoms with E-state index in [-0.39, 0.29) is 6.42 Å². The van der Waals surface area contributed by atoms with Crippen LogP contribution in [0.5, 0.6) is 5.75 Å². The van der Waals surface area contributed by atoms with E-state index in [0.29, 0.717) is 11.3 Å². The third-order valence-electron chi connectivity index (χ3n) is 2.09. The Balaban J connectivity index is 2.76. The summed E-state index contributed by atoms with van der Waals surface area (Å²) >= 11 is 0. The molecule has 0 aromatic heterocycles. The van der Waals surface area contributed by atoms with Crippen molar-refractivity contribution >= 4 is 19.7 Å². The molecule has 3 nitrogen and oxygen atoms in total. The number of benzene rings is 1. The molecule has 6 heteroatoms. The van der Waals surface area contributed by atoms with E-state index in [9.17, 15) is 12.8 Å². The molecule has 1 aromatic rings. The normalized spacial score (nSPS) is 13.4. The minimum atomic E-state index is -3.66. The Bertz CT molecular complexity index is 447. The highest BCUT2D eigenvalue weighted by molar-refractivity contribution is 8.13. The molecule has 0 N–H and O–H groups in total. The highest BCUT2D eigenvalue weighted by Crippen LogP contribution is 2.30. The highest BCUT2D eigenvalue weighted by atomic mass is 35.7. The van der Waals surface area contributed by atoms with E-state index in [1.807, 2.05) is 0 Å². The van der Waals surface area contributed by atoms with E-state index in [1.165, 1.54) is 7.11 Å². The van der Waals surface area contributed by atoms with Crippen molar-refractivity contribution in [3.8, 4) is 5.75 Å². The minimum Gasteiger partial charge on any atom is -0.496 e. The standard InChI is InChI=1S/C10H12ClFO3S/c1-15-10-5-3-2-4-8(10)9(12)6-7-16(11,13)14/h2-5,9H,6-7H2,1H3. The minimum absolute atomic E-state index is 0.174. The fourth-order valence-corrected chi connectivity index (χ4v) is 2.08. The van der Waals surface area contributed by atoms with Gasteiger partial charge in [0.15, 0.2) is 0 Å². The second kappa shape index (κ2) is 5.50. The maximum absolute atomic E-state index is 13.7. The van der Waals surface area contributed by atoms with Crippen molar-refractivity contribution in [1.82, 2.24) is 0 Å².